The van der Waals surface area contributed by atoms with Crippen LogP contribution >= 0.6 is 0 Å². The van der Waals surface area contributed by atoms with E-state index in [0.717, 1.165) is 18.9 Å². The van der Waals surface area contributed by atoms with Gasteiger partial charge in [-0.25, -0.2) is 22.0 Å². The average Bonchev–Trinajstić information content (AvgIpc) is 2.94. The first-order chi connectivity index (χ1) is 21.9. The molecule has 0 atom stereocenters. The van der Waals surface area contributed by atoms with Crippen LogP contribution in [0.1, 0.15) is 42.7 Å². The van der Waals surface area contributed by atoms with Crippen molar-refractivity contribution < 1.29 is 76.4 Å². The van der Waals surface area contributed by atoms with E-state index in [1.54, 1.807) is 0 Å². The molecular formula is C30H22F12O5. The van der Waals surface area contributed by atoms with Gasteiger partial charge in [0.05, 0.1) is 18.8 Å². The van der Waals surface area contributed by atoms with Crippen LogP contribution in [-0.2, 0) is 21.7 Å². The van der Waals surface area contributed by atoms with Crippen molar-refractivity contribution >= 4 is 0 Å². The van der Waals surface area contributed by atoms with E-state index >= 15 is 0 Å². The molecule has 3 aromatic carbocycles. The van der Waals surface area contributed by atoms with Crippen LogP contribution in [0.25, 0.3) is 0 Å². The summed E-state index contributed by atoms with van der Waals surface area (Å²) in [6, 6.07) is 1.66. The molecule has 17 heteroatoms. The summed E-state index contributed by atoms with van der Waals surface area (Å²) in [6.07, 6.45) is -11.0. The molecule has 0 bridgehead atoms. The van der Waals surface area contributed by atoms with Crippen molar-refractivity contribution in [3.63, 3.8) is 0 Å². The van der Waals surface area contributed by atoms with E-state index in [2.05, 4.69) is 14.2 Å². The number of rotatable bonds is 11. The lowest BCUT2D eigenvalue weighted by molar-refractivity contribution is -0.276. The highest BCUT2D eigenvalue weighted by Crippen LogP contribution is 2.41. The van der Waals surface area contributed by atoms with Gasteiger partial charge in [-0.1, -0.05) is 18.2 Å². The van der Waals surface area contributed by atoms with Gasteiger partial charge in [0, 0.05) is 35.7 Å². The van der Waals surface area contributed by atoms with Crippen LogP contribution in [-0.4, -0.2) is 19.6 Å². The molecule has 1 saturated heterocycles. The fourth-order valence-corrected chi connectivity index (χ4v) is 4.41. The summed E-state index contributed by atoms with van der Waals surface area (Å²) in [5.41, 5.74) is -3.61. The fourth-order valence-electron chi connectivity index (χ4n) is 4.41. The van der Waals surface area contributed by atoms with Crippen LogP contribution in [0.5, 0.6) is 17.2 Å². The maximum Gasteiger partial charge on any atom is 0.573 e. The molecule has 1 aliphatic rings. The molecule has 0 N–H and O–H groups in total. The van der Waals surface area contributed by atoms with Gasteiger partial charge in [0.1, 0.15) is 34.5 Å². The third kappa shape index (κ3) is 8.82. The predicted octanol–water partition coefficient (Wildman–Crippen LogP) is 9.56. The summed E-state index contributed by atoms with van der Waals surface area (Å²) in [7, 11) is 0. The first-order valence-corrected chi connectivity index (χ1v) is 13.4. The van der Waals surface area contributed by atoms with Crippen LogP contribution in [0.4, 0.5) is 52.7 Å². The Balaban J connectivity index is 1.48. The van der Waals surface area contributed by atoms with E-state index in [-0.39, 0.29) is 49.0 Å². The van der Waals surface area contributed by atoms with Crippen molar-refractivity contribution in [2.24, 2.45) is 5.92 Å². The molecule has 1 fully saturated rings. The number of ether oxygens (including phenoxy) is 5. The Labute approximate surface area is 258 Å². The normalized spacial score (nSPS) is 17.6. The lowest BCUT2D eigenvalue weighted by Gasteiger charge is -2.29. The average molecular weight is 690 g/mol. The largest absolute Gasteiger partial charge is 0.573 e. The van der Waals surface area contributed by atoms with Crippen LogP contribution < -0.4 is 14.2 Å². The minimum Gasteiger partial charge on any atom is -0.429 e. The molecular weight excluding hydrogens is 668 g/mol. The zero-order valence-electron chi connectivity index (χ0n) is 23.8. The summed E-state index contributed by atoms with van der Waals surface area (Å²) in [5.74, 6) is -15.3. The summed E-state index contributed by atoms with van der Waals surface area (Å²) in [5, 5.41) is 0. The third-order valence-corrected chi connectivity index (χ3v) is 6.51. The van der Waals surface area contributed by atoms with E-state index in [1.807, 2.05) is 19.1 Å². The van der Waals surface area contributed by atoms with Crippen LogP contribution in [0.3, 0.4) is 0 Å². The molecule has 5 nitrogen and oxygen atoms in total. The van der Waals surface area contributed by atoms with Crippen molar-refractivity contribution in [2.45, 2.75) is 44.6 Å². The van der Waals surface area contributed by atoms with Gasteiger partial charge in [0.2, 0.25) is 5.75 Å². The molecule has 1 aliphatic heterocycles. The van der Waals surface area contributed by atoms with Crippen molar-refractivity contribution in [3.05, 3.63) is 100 Å². The quantitative estimate of drug-likeness (QED) is 0.148. The van der Waals surface area contributed by atoms with Gasteiger partial charge < -0.3 is 23.7 Å². The summed E-state index contributed by atoms with van der Waals surface area (Å²) in [4.78, 5) is 0. The summed E-state index contributed by atoms with van der Waals surface area (Å²) in [6.45, 7) is 2.39. The standard InChI is InChI=1S/C30H22F12O5/c1-2-3-4-5-15-13-43-27(44-14-15)16-6-7-19(20(31)8-16)28(36,37)45-17-9-21(32)25(22(33)10-17)29(38,39)46-18-11-23(34)26(24(35)12-18)47-30(40,41)42/h2-3,6-12,15,27H,4-5,13-14H2,1H3/b3-2+. The van der Waals surface area contributed by atoms with Gasteiger partial charge in [-0.05, 0) is 31.9 Å². The molecule has 0 unspecified atom stereocenters. The number of hydrogen-bond acceptors (Lipinski definition) is 5. The Morgan fingerprint density at radius 3 is 1.74 bits per heavy atom. The highest BCUT2D eigenvalue weighted by atomic mass is 19.4. The van der Waals surface area contributed by atoms with Gasteiger partial charge in [-0.2, -0.15) is 17.6 Å². The number of alkyl halides is 7. The molecule has 47 heavy (non-hydrogen) atoms. The Morgan fingerprint density at radius 2 is 1.23 bits per heavy atom. The minimum absolute atomic E-state index is 0.0416. The highest BCUT2D eigenvalue weighted by Gasteiger charge is 2.44. The summed E-state index contributed by atoms with van der Waals surface area (Å²) >= 11 is 0. The molecule has 0 saturated carbocycles. The number of hydrogen-bond donors (Lipinski definition) is 0. The SMILES string of the molecule is C/C=C/CCC1COC(c2ccc(C(F)(F)Oc3cc(F)c(C(F)(F)Oc4cc(F)c(OC(F)(F)F)c(F)c4)c(F)c3)c(F)c2)OC1. The van der Waals surface area contributed by atoms with E-state index < -0.39 is 82.3 Å². The molecule has 0 radical (unpaired) electrons. The Morgan fingerprint density at radius 1 is 0.702 bits per heavy atom. The molecule has 0 aliphatic carbocycles. The van der Waals surface area contributed by atoms with Crippen LogP contribution in [0, 0.1) is 35.0 Å². The van der Waals surface area contributed by atoms with Crippen molar-refractivity contribution in [1.82, 2.24) is 0 Å². The molecule has 1 heterocycles. The maximum atomic E-state index is 14.9. The van der Waals surface area contributed by atoms with Gasteiger partial charge in [0.15, 0.2) is 17.9 Å². The van der Waals surface area contributed by atoms with Crippen LogP contribution in [0.15, 0.2) is 54.6 Å². The first-order valence-electron chi connectivity index (χ1n) is 13.4. The van der Waals surface area contributed by atoms with Crippen LogP contribution in [0.2, 0.25) is 0 Å². The molecule has 4 rings (SSSR count). The summed E-state index contributed by atoms with van der Waals surface area (Å²) < 4.78 is 190. The van der Waals surface area contributed by atoms with Gasteiger partial charge in [0.25, 0.3) is 0 Å². The zero-order valence-corrected chi connectivity index (χ0v) is 23.8. The van der Waals surface area contributed by atoms with Gasteiger partial charge in [-0.3, -0.25) is 0 Å². The van der Waals surface area contributed by atoms with E-state index in [1.165, 1.54) is 0 Å². The molecule has 256 valence electrons. The second-order valence-electron chi connectivity index (χ2n) is 10.0. The third-order valence-electron chi connectivity index (χ3n) is 6.51. The van der Waals surface area contributed by atoms with Gasteiger partial charge in [-0.15, -0.1) is 13.2 Å². The number of allylic oxidation sites excluding steroid dienone is 2. The molecule has 0 aromatic heterocycles. The first kappa shape index (κ1) is 35.7. The van der Waals surface area contributed by atoms with Gasteiger partial charge >= 0.3 is 18.6 Å². The smallest absolute Gasteiger partial charge is 0.429 e. The number of halogens is 12. The second-order valence-corrected chi connectivity index (χ2v) is 10.0. The minimum atomic E-state index is -5.56. The maximum absolute atomic E-state index is 14.9. The molecule has 3 aromatic rings. The van der Waals surface area contributed by atoms with Crippen molar-refractivity contribution in [1.29, 1.82) is 0 Å². The topological polar surface area (TPSA) is 46.2 Å². The Hall–Kier alpha value is -4.12. The lowest BCUT2D eigenvalue weighted by atomic mass is 10.0. The second kappa shape index (κ2) is 13.9. The Kier molecular flexibility index (Phi) is 10.6. The monoisotopic (exact) mass is 690 g/mol. The van der Waals surface area contributed by atoms with E-state index in [9.17, 15) is 52.7 Å². The fraction of sp³-hybridized carbons (Fsp3) is 0.333. The number of benzene rings is 3. The lowest BCUT2D eigenvalue weighted by Crippen LogP contribution is -2.28. The van der Waals surface area contributed by atoms with Crippen molar-refractivity contribution in [2.75, 3.05) is 13.2 Å². The Bertz CT molecular complexity index is 1550. The van der Waals surface area contributed by atoms with Crippen molar-refractivity contribution in [3.8, 4) is 17.2 Å². The molecule has 0 amide bonds. The molecule has 0 spiro atoms. The van der Waals surface area contributed by atoms with E-state index in [4.69, 9.17) is 9.47 Å². The zero-order chi connectivity index (χ0) is 34.7. The predicted molar refractivity (Wildman–Crippen MR) is 137 cm³/mol. The highest BCUT2D eigenvalue weighted by molar-refractivity contribution is 5.38. The van der Waals surface area contributed by atoms with E-state index in [0.29, 0.717) is 12.1 Å².